The van der Waals surface area contributed by atoms with Crippen molar-refractivity contribution in [3.63, 3.8) is 0 Å². The predicted octanol–water partition coefficient (Wildman–Crippen LogP) is 16.2. The zero-order valence-corrected chi connectivity index (χ0v) is 62.7. The maximum atomic E-state index is 12.7. The first-order chi connectivity index (χ1) is 49.4. The Bertz CT molecular complexity index is 3910. The van der Waals surface area contributed by atoms with Gasteiger partial charge in [-0.3, -0.25) is 0 Å². The van der Waals surface area contributed by atoms with Crippen LogP contribution in [-0.2, 0) is 28.4 Å². The average Bonchev–Trinajstić information content (AvgIpc) is 1.02. The molecule has 24 heteroatoms. The van der Waals surface area contributed by atoms with Crippen LogP contribution < -0.4 is 29.3 Å². The molecule has 1 saturated heterocycles. The molecule has 4 amide bonds. The lowest BCUT2D eigenvalue weighted by atomic mass is 9.96. The van der Waals surface area contributed by atoms with E-state index < -0.39 is 76.8 Å². The van der Waals surface area contributed by atoms with E-state index in [2.05, 4.69) is 16.3 Å². The summed E-state index contributed by atoms with van der Waals surface area (Å²) in [5.74, 6) is 4.71. The lowest BCUT2D eigenvalue weighted by Crippen LogP contribution is -2.62. The van der Waals surface area contributed by atoms with Gasteiger partial charge in [-0.1, -0.05) is 103 Å². The number of rotatable bonds is 3. The van der Waals surface area contributed by atoms with Gasteiger partial charge in [-0.25, -0.2) is 24.0 Å². The number of amides is 4. The molecule has 4 N–H and O–H groups in total. The fourth-order valence-corrected chi connectivity index (χ4v) is 11.6. The Balaban J connectivity index is 0.000000157. The van der Waals surface area contributed by atoms with Gasteiger partial charge in [0.1, 0.15) is 40.2 Å². The molecule has 0 spiro atoms. The third-order valence-corrected chi connectivity index (χ3v) is 16.0. The number of β-amino-alcohol motifs (C(OH)–C–C–N with tert-alkyl or cyclic N) is 2. The summed E-state index contributed by atoms with van der Waals surface area (Å²) >= 11 is 0. The van der Waals surface area contributed by atoms with Crippen LogP contribution in [0.3, 0.4) is 0 Å². The van der Waals surface area contributed by atoms with E-state index in [0.717, 1.165) is 57.1 Å². The molecular weight excluding hydrogens is 1340 g/mol. The van der Waals surface area contributed by atoms with Crippen LogP contribution in [0.4, 0.5) is 58.1 Å². The Morgan fingerprint density at radius 1 is 0.381 bits per heavy atom. The summed E-state index contributed by atoms with van der Waals surface area (Å²) < 4.78 is 49.6. The third-order valence-electron chi connectivity index (χ3n) is 16.0. The number of aliphatic hydroxyl groups excluding tert-OH is 3. The van der Waals surface area contributed by atoms with Crippen LogP contribution in [-0.4, -0.2) is 182 Å². The number of ether oxygens (including phenoxy) is 9. The van der Waals surface area contributed by atoms with Crippen LogP contribution in [0.1, 0.15) is 104 Å². The molecule has 105 heavy (non-hydrogen) atoms. The van der Waals surface area contributed by atoms with Crippen LogP contribution in [0.25, 0.3) is 0 Å². The SMILES string of the molecule is CC(C)(C)OC(=O)N1CC=CC(N2c3ccccc3Oc3ccccc32)C1.CC(C)(C)OC(=O)N1CC=CC(O)C1.CC(C)(C)OC(=O)N1C[C@H](O)[C@H](O)[C@@H](N2c3ccccc3Oc3ccccc32)C1.CC(C)(C)OC(=O)OC1C=CCN(C(=O)OC(C)(C)C)C1.c1ccc2c(c1)Nc1ccccc1O2. The normalized spacial score (nSPS) is 19.7. The highest BCUT2D eigenvalue weighted by Crippen LogP contribution is 2.50. The molecule has 0 bridgehead atoms. The Kier molecular flexibility index (Phi) is 25.2. The predicted molar refractivity (Wildman–Crippen MR) is 402 cm³/mol. The molecule has 0 saturated carbocycles. The molecule has 6 aromatic carbocycles. The van der Waals surface area contributed by atoms with E-state index in [1.54, 1.807) is 91.5 Å². The molecule has 3 unspecified atom stereocenters. The molecule has 13 rings (SSSR count). The zero-order chi connectivity index (χ0) is 76.2. The van der Waals surface area contributed by atoms with Crippen LogP contribution in [0.15, 0.2) is 182 Å². The van der Waals surface area contributed by atoms with Crippen molar-refractivity contribution in [2.45, 2.75) is 168 Å². The van der Waals surface area contributed by atoms with E-state index in [1.807, 2.05) is 198 Å². The molecule has 1 fully saturated rings. The summed E-state index contributed by atoms with van der Waals surface area (Å²) in [4.78, 5) is 70.7. The van der Waals surface area contributed by atoms with Gasteiger partial charge < -0.3 is 92.7 Å². The maximum absolute atomic E-state index is 12.7. The number of carbonyl (C=O) groups excluding carboxylic acids is 5. The first-order valence-electron chi connectivity index (χ1n) is 35.2. The Labute approximate surface area is 615 Å². The van der Waals surface area contributed by atoms with E-state index in [0.29, 0.717) is 44.2 Å². The number of fused-ring (bicyclic) bond motifs is 6. The number of nitrogens with zero attached hydrogens (tertiary/aromatic N) is 6. The van der Waals surface area contributed by atoms with Gasteiger partial charge in [0.15, 0.2) is 34.5 Å². The van der Waals surface area contributed by atoms with E-state index in [4.69, 9.17) is 42.6 Å². The third kappa shape index (κ3) is 22.5. The molecule has 7 aliphatic heterocycles. The zero-order valence-electron chi connectivity index (χ0n) is 62.7. The standard InChI is InChI=1S/C22H26N2O5.C22H24N2O3.C15H25NO5.C12H9NO.C10H17NO3/c1-22(2,3)29-21(27)23-12-16(20(26)17(25)13-23)24-14-8-4-6-10-18(14)28-19-11-7-5-9-15(19)24;1-22(2,3)27-21(25)23-14-8-9-16(15-23)24-17-10-4-6-12-19(17)26-20-13-7-5-11-18(20)24;1-14(2,3)20-12(17)16-9-7-8-11(10-16)19-13(18)21-15(4,5)6;1-3-7-11-9(5-1)13-10-6-2-4-8-12(10)14-11;1-10(2,3)14-9(13)11-6-4-5-8(12)7-11/h4-11,16-17,20,25-26H,12-13H2,1-3H3;4-13,16H,14-15H2,1-3H3;7-8,11H,9-10H2,1-6H3;1-8,13H;4-5,8,12H,6-7H2,1-3H3/t16-,17-,20+;;;;/m0..../s1. The number of piperidine rings is 1. The van der Waals surface area contributed by atoms with E-state index in [1.165, 1.54) is 14.7 Å². The van der Waals surface area contributed by atoms with E-state index in [-0.39, 0.29) is 37.9 Å². The minimum absolute atomic E-state index is 0.00234. The molecule has 0 aromatic heterocycles. The quantitative estimate of drug-likeness (QED) is 0.0728. The maximum Gasteiger partial charge on any atom is 0.509 e. The molecule has 24 nitrogen and oxygen atoms in total. The molecule has 0 radical (unpaired) electrons. The number of aliphatic hydroxyl groups is 3. The number of hydrogen-bond acceptors (Lipinski definition) is 20. The van der Waals surface area contributed by atoms with E-state index >= 15 is 0 Å². The number of anilines is 6. The van der Waals surface area contributed by atoms with Crippen LogP contribution in [0, 0.1) is 0 Å². The van der Waals surface area contributed by atoms with Crippen molar-refractivity contribution in [1.29, 1.82) is 0 Å². The Morgan fingerprint density at radius 2 is 0.724 bits per heavy atom. The number of carbonyl (C=O) groups is 5. The lowest BCUT2D eigenvalue weighted by molar-refractivity contribution is -0.0563. The highest BCUT2D eigenvalue weighted by Gasteiger charge is 2.44. The summed E-state index contributed by atoms with van der Waals surface area (Å²) in [6.07, 6.45) is 5.54. The first kappa shape index (κ1) is 78.7. The van der Waals surface area contributed by atoms with Gasteiger partial charge in [0.05, 0.1) is 78.1 Å². The topological polar surface area (TPSA) is 261 Å². The number of nitrogens with one attached hydrogen (secondary N) is 1. The van der Waals surface area contributed by atoms with Gasteiger partial charge in [-0.05, 0) is 183 Å². The van der Waals surface area contributed by atoms with Crippen molar-refractivity contribution in [3.8, 4) is 34.5 Å². The van der Waals surface area contributed by atoms with Gasteiger partial charge in [0.25, 0.3) is 0 Å². The van der Waals surface area contributed by atoms with Crippen molar-refractivity contribution in [2.75, 3.05) is 67.5 Å². The number of likely N-dealkylation sites (tertiary alicyclic amines) is 1. The number of para-hydroxylation sites is 12. The number of benzene rings is 6. The molecule has 562 valence electrons. The highest BCUT2D eigenvalue weighted by atomic mass is 16.7. The van der Waals surface area contributed by atoms with Crippen LogP contribution in [0.2, 0.25) is 0 Å². The smallest absolute Gasteiger partial charge is 0.453 e. The van der Waals surface area contributed by atoms with Crippen molar-refractivity contribution in [1.82, 2.24) is 19.6 Å². The fraction of sp³-hybridized carbons (Fsp3) is 0.420. The first-order valence-corrected chi connectivity index (χ1v) is 35.2. The molecular formula is C81H101N7O17. The fourth-order valence-electron chi connectivity index (χ4n) is 11.6. The van der Waals surface area contributed by atoms with Gasteiger partial charge >= 0.3 is 30.5 Å². The summed E-state index contributed by atoms with van der Waals surface area (Å²) in [7, 11) is 0. The highest BCUT2D eigenvalue weighted by molar-refractivity contribution is 5.81. The van der Waals surface area contributed by atoms with Gasteiger partial charge in [0.2, 0.25) is 0 Å². The molecule has 0 aliphatic carbocycles. The second-order valence-electron chi connectivity index (χ2n) is 30.7. The largest absolute Gasteiger partial charge is 0.509 e. The Morgan fingerprint density at radius 3 is 1.14 bits per heavy atom. The summed E-state index contributed by atoms with van der Waals surface area (Å²) in [5.41, 5.74) is 2.77. The monoisotopic (exact) mass is 1440 g/mol. The summed E-state index contributed by atoms with van der Waals surface area (Å²) in [5, 5.41) is 34.0. The van der Waals surface area contributed by atoms with Gasteiger partial charge in [0, 0.05) is 32.7 Å². The Hall–Kier alpha value is -10.4. The van der Waals surface area contributed by atoms with Gasteiger partial charge in [-0.15, -0.1) is 0 Å². The molecule has 6 atom stereocenters. The van der Waals surface area contributed by atoms with Crippen molar-refractivity contribution >= 4 is 64.7 Å². The van der Waals surface area contributed by atoms with Crippen molar-refractivity contribution in [3.05, 3.63) is 182 Å². The van der Waals surface area contributed by atoms with Gasteiger partial charge in [-0.2, -0.15) is 0 Å². The minimum atomic E-state index is -1.09. The summed E-state index contributed by atoms with van der Waals surface area (Å²) in [6, 6.07) is 46.3. The average molecular weight is 1440 g/mol. The summed E-state index contributed by atoms with van der Waals surface area (Å²) in [6.45, 7) is 30.0. The molecule has 6 aromatic rings. The van der Waals surface area contributed by atoms with Crippen LogP contribution >= 0.6 is 0 Å². The lowest BCUT2D eigenvalue weighted by Gasteiger charge is -2.46. The van der Waals surface area contributed by atoms with Crippen molar-refractivity contribution < 1.29 is 81.9 Å². The second-order valence-corrected chi connectivity index (χ2v) is 30.7. The molecule has 7 heterocycles. The second kappa shape index (κ2) is 33.6. The number of hydrogen-bond donors (Lipinski definition) is 4. The van der Waals surface area contributed by atoms with E-state index in [9.17, 15) is 39.3 Å². The van der Waals surface area contributed by atoms with Crippen molar-refractivity contribution in [2.24, 2.45) is 0 Å². The molecule has 7 aliphatic rings. The van der Waals surface area contributed by atoms with Crippen LogP contribution in [0.5, 0.6) is 34.5 Å². The minimum Gasteiger partial charge on any atom is -0.453 e.